The van der Waals surface area contributed by atoms with Crippen LogP contribution in [0.1, 0.15) is 43.2 Å². The number of aromatic amines is 1. The molecule has 3 aliphatic rings. The predicted molar refractivity (Wildman–Crippen MR) is 117 cm³/mol. The highest BCUT2D eigenvalue weighted by Gasteiger charge is 2.38. The Morgan fingerprint density at radius 2 is 1.94 bits per heavy atom. The van der Waals surface area contributed by atoms with Gasteiger partial charge in [-0.3, -0.25) is 14.6 Å². The minimum atomic E-state index is -0.440. The van der Waals surface area contributed by atoms with E-state index in [1.54, 1.807) is 0 Å². The van der Waals surface area contributed by atoms with Crippen LogP contribution in [0.3, 0.4) is 0 Å². The SMILES string of the molecule is CCOc1ccc(C2C3=C(CCCC3=O)Nc3nc(N4CCOCC4)[nH]c(=O)c32)cc1. The number of Topliss-reactive ketones (excluding diaryl/α,β-unsaturated/α-hetero) is 1. The normalized spacial score (nSPS) is 20.7. The number of ketones is 1. The zero-order valence-corrected chi connectivity index (χ0v) is 17.6. The molecule has 1 aromatic heterocycles. The van der Waals surface area contributed by atoms with Crippen molar-refractivity contribution in [2.45, 2.75) is 32.1 Å². The summed E-state index contributed by atoms with van der Waals surface area (Å²) in [6, 6.07) is 7.65. The smallest absolute Gasteiger partial charge is 0.258 e. The fourth-order valence-corrected chi connectivity index (χ4v) is 4.63. The summed E-state index contributed by atoms with van der Waals surface area (Å²) in [5.74, 6) is 1.49. The van der Waals surface area contributed by atoms with Gasteiger partial charge in [-0.2, -0.15) is 4.98 Å². The van der Waals surface area contributed by atoms with Crippen molar-refractivity contribution in [3.8, 4) is 5.75 Å². The third-order valence-electron chi connectivity index (χ3n) is 6.08. The van der Waals surface area contributed by atoms with Crippen LogP contribution >= 0.6 is 0 Å². The molecular formula is C23H26N4O4. The van der Waals surface area contributed by atoms with Crippen LogP contribution < -0.4 is 20.5 Å². The number of hydrogen-bond acceptors (Lipinski definition) is 7. The van der Waals surface area contributed by atoms with Crippen molar-refractivity contribution in [3.63, 3.8) is 0 Å². The maximum Gasteiger partial charge on any atom is 0.258 e. The number of hydrogen-bond donors (Lipinski definition) is 2. The Hall–Kier alpha value is -3.13. The summed E-state index contributed by atoms with van der Waals surface area (Å²) in [7, 11) is 0. The summed E-state index contributed by atoms with van der Waals surface area (Å²) < 4.78 is 11.0. The average Bonchev–Trinajstić information content (AvgIpc) is 2.79. The predicted octanol–water partition coefficient (Wildman–Crippen LogP) is 2.57. The number of benzene rings is 1. The van der Waals surface area contributed by atoms with E-state index in [-0.39, 0.29) is 11.3 Å². The van der Waals surface area contributed by atoms with E-state index in [9.17, 15) is 9.59 Å². The lowest BCUT2D eigenvalue weighted by Crippen LogP contribution is -2.40. The second-order valence-electron chi connectivity index (χ2n) is 7.98. The first-order valence-corrected chi connectivity index (χ1v) is 10.9. The summed E-state index contributed by atoms with van der Waals surface area (Å²) in [5.41, 5.74) is 2.74. The fourth-order valence-electron chi connectivity index (χ4n) is 4.63. The number of nitrogens with one attached hydrogen (secondary N) is 2. The Morgan fingerprint density at radius 1 is 1.16 bits per heavy atom. The molecular weight excluding hydrogens is 396 g/mol. The maximum atomic E-state index is 13.3. The molecule has 0 spiro atoms. The van der Waals surface area contributed by atoms with Gasteiger partial charge in [0.05, 0.1) is 25.4 Å². The molecule has 1 fully saturated rings. The number of allylic oxidation sites excluding steroid dienone is 2. The molecule has 8 nitrogen and oxygen atoms in total. The molecule has 3 heterocycles. The molecule has 0 bridgehead atoms. The fraction of sp³-hybridized carbons (Fsp3) is 0.435. The molecule has 0 amide bonds. The van der Waals surface area contributed by atoms with E-state index in [0.717, 1.165) is 29.9 Å². The van der Waals surface area contributed by atoms with Crippen molar-refractivity contribution in [1.82, 2.24) is 9.97 Å². The minimum absolute atomic E-state index is 0.0925. The molecule has 162 valence electrons. The molecule has 1 aromatic carbocycles. The van der Waals surface area contributed by atoms with Gasteiger partial charge in [0.15, 0.2) is 5.78 Å². The Morgan fingerprint density at radius 3 is 2.68 bits per heavy atom. The summed E-state index contributed by atoms with van der Waals surface area (Å²) in [6.07, 6.45) is 2.07. The van der Waals surface area contributed by atoms with Gasteiger partial charge in [0.1, 0.15) is 11.6 Å². The Labute approximate surface area is 180 Å². The Kier molecular flexibility index (Phi) is 5.23. The average molecular weight is 422 g/mol. The lowest BCUT2D eigenvalue weighted by molar-refractivity contribution is -0.116. The highest BCUT2D eigenvalue weighted by Crippen LogP contribution is 2.43. The van der Waals surface area contributed by atoms with Crippen LogP contribution in [0.25, 0.3) is 0 Å². The lowest BCUT2D eigenvalue weighted by Gasteiger charge is -2.34. The van der Waals surface area contributed by atoms with Gasteiger partial charge >= 0.3 is 0 Å². The van der Waals surface area contributed by atoms with Crippen molar-refractivity contribution in [1.29, 1.82) is 0 Å². The zero-order valence-electron chi connectivity index (χ0n) is 17.6. The zero-order chi connectivity index (χ0) is 21.4. The number of carbonyl (C=O) groups excluding carboxylic acids is 1. The monoisotopic (exact) mass is 422 g/mol. The quantitative estimate of drug-likeness (QED) is 0.782. The van der Waals surface area contributed by atoms with Gasteiger partial charge in [-0.15, -0.1) is 0 Å². The Bertz CT molecular complexity index is 1080. The number of anilines is 2. The number of fused-ring (bicyclic) bond motifs is 1. The van der Waals surface area contributed by atoms with Gasteiger partial charge in [-0.25, -0.2) is 0 Å². The van der Waals surface area contributed by atoms with Gasteiger partial charge in [0.25, 0.3) is 5.56 Å². The first-order chi connectivity index (χ1) is 15.2. The van der Waals surface area contributed by atoms with Gasteiger partial charge in [0, 0.05) is 36.7 Å². The molecule has 0 radical (unpaired) electrons. The van der Waals surface area contributed by atoms with Gasteiger partial charge in [-0.05, 0) is 37.5 Å². The molecule has 2 N–H and O–H groups in total. The molecule has 1 atom stereocenters. The molecule has 2 aromatic rings. The molecule has 5 rings (SSSR count). The number of ether oxygens (including phenoxy) is 2. The van der Waals surface area contributed by atoms with E-state index < -0.39 is 5.92 Å². The minimum Gasteiger partial charge on any atom is -0.494 e. The van der Waals surface area contributed by atoms with Crippen molar-refractivity contribution in [3.05, 3.63) is 57.0 Å². The number of nitrogens with zero attached hydrogens (tertiary/aromatic N) is 2. The standard InChI is InChI=1S/C23H26N4O4/c1-2-31-15-8-6-14(7-9-15)18-19-16(4-3-5-17(19)28)24-21-20(18)22(29)26-23(25-21)27-10-12-30-13-11-27/h6-9,18H,2-5,10-13H2,1H3,(H2,24,25,26,29). The third-order valence-corrected chi connectivity index (χ3v) is 6.08. The highest BCUT2D eigenvalue weighted by atomic mass is 16.5. The second kappa shape index (κ2) is 8.19. The number of carbonyl (C=O) groups is 1. The second-order valence-corrected chi connectivity index (χ2v) is 7.98. The highest BCUT2D eigenvalue weighted by molar-refractivity contribution is 6.00. The van der Waals surface area contributed by atoms with E-state index in [0.29, 0.717) is 62.2 Å². The molecule has 31 heavy (non-hydrogen) atoms. The molecule has 1 saturated heterocycles. The van der Waals surface area contributed by atoms with Crippen LogP contribution in [-0.4, -0.2) is 48.7 Å². The number of aromatic nitrogens is 2. The first-order valence-electron chi connectivity index (χ1n) is 10.9. The van der Waals surface area contributed by atoms with Crippen molar-refractivity contribution in [2.75, 3.05) is 43.1 Å². The van der Waals surface area contributed by atoms with E-state index in [2.05, 4.69) is 10.3 Å². The van der Waals surface area contributed by atoms with Crippen molar-refractivity contribution in [2.24, 2.45) is 0 Å². The largest absolute Gasteiger partial charge is 0.494 e. The third kappa shape index (κ3) is 3.61. The van der Waals surface area contributed by atoms with Crippen LogP contribution in [0.4, 0.5) is 11.8 Å². The van der Waals surface area contributed by atoms with Gasteiger partial charge < -0.3 is 19.7 Å². The molecule has 8 heteroatoms. The van der Waals surface area contributed by atoms with Gasteiger partial charge in [0.2, 0.25) is 5.95 Å². The molecule has 2 aliphatic heterocycles. The van der Waals surface area contributed by atoms with Crippen molar-refractivity contribution < 1.29 is 14.3 Å². The first kappa shape index (κ1) is 19.8. The number of morpholine rings is 1. The van der Waals surface area contributed by atoms with Crippen LogP contribution in [0, 0.1) is 0 Å². The van der Waals surface area contributed by atoms with Crippen LogP contribution in [0.2, 0.25) is 0 Å². The number of rotatable bonds is 4. The summed E-state index contributed by atoms with van der Waals surface area (Å²) in [4.78, 5) is 36.0. The van der Waals surface area contributed by atoms with Crippen LogP contribution in [0.5, 0.6) is 5.75 Å². The summed E-state index contributed by atoms with van der Waals surface area (Å²) in [6.45, 7) is 5.08. The van der Waals surface area contributed by atoms with Gasteiger partial charge in [-0.1, -0.05) is 12.1 Å². The van der Waals surface area contributed by atoms with E-state index in [1.807, 2.05) is 36.1 Å². The molecule has 1 aliphatic carbocycles. The van der Waals surface area contributed by atoms with Crippen LogP contribution in [0.15, 0.2) is 40.3 Å². The summed E-state index contributed by atoms with van der Waals surface area (Å²) in [5, 5.41) is 3.33. The lowest BCUT2D eigenvalue weighted by atomic mass is 9.76. The molecule has 0 saturated carbocycles. The summed E-state index contributed by atoms with van der Waals surface area (Å²) >= 11 is 0. The maximum absolute atomic E-state index is 13.3. The Balaban J connectivity index is 1.62. The van der Waals surface area contributed by atoms with Crippen molar-refractivity contribution >= 4 is 17.5 Å². The molecule has 1 unspecified atom stereocenters. The van der Waals surface area contributed by atoms with E-state index in [4.69, 9.17) is 14.5 Å². The number of H-pyrrole nitrogens is 1. The van der Waals surface area contributed by atoms with E-state index in [1.165, 1.54) is 0 Å². The van der Waals surface area contributed by atoms with E-state index >= 15 is 0 Å². The topological polar surface area (TPSA) is 96.5 Å². The van der Waals surface area contributed by atoms with Crippen LogP contribution in [-0.2, 0) is 9.53 Å².